The highest BCUT2D eigenvalue weighted by molar-refractivity contribution is 6.30. The van der Waals surface area contributed by atoms with Crippen molar-refractivity contribution < 1.29 is 19.0 Å². The fraction of sp³-hybridized carbons (Fsp3) is 0.278. The molecule has 0 aliphatic carbocycles. The van der Waals surface area contributed by atoms with Crippen molar-refractivity contribution >= 4 is 17.5 Å². The van der Waals surface area contributed by atoms with E-state index in [2.05, 4.69) is 5.32 Å². The maximum Gasteiger partial charge on any atom is 0.257 e. The predicted octanol–water partition coefficient (Wildman–Crippen LogP) is 3.11. The molecule has 0 fully saturated rings. The van der Waals surface area contributed by atoms with Crippen molar-refractivity contribution in [3.63, 3.8) is 0 Å². The van der Waals surface area contributed by atoms with E-state index in [0.717, 1.165) is 22.6 Å². The summed E-state index contributed by atoms with van der Waals surface area (Å²) in [6, 6.07) is 11.1. The average Bonchev–Trinajstić information content (AvgIpc) is 3.02. The largest absolute Gasteiger partial charge is 0.484 e. The summed E-state index contributed by atoms with van der Waals surface area (Å²) in [4.78, 5) is 11.9. The van der Waals surface area contributed by atoms with Crippen molar-refractivity contribution in [1.29, 1.82) is 0 Å². The average molecular weight is 348 g/mol. The lowest BCUT2D eigenvalue weighted by molar-refractivity contribution is -0.123. The number of hydrogen-bond acceptors (Lipinski definition) is 4. The van der Waals surface area contributed by atoms with E-state index in [0.29, 0.717) is 23.7 Å². The van der Waals surface area contributed by atoms with E-state index in [-0.39, 0.29) is 19.3 Å². The van der Waals surface area contributed by atoms with Crippen LogP contribution in [0.1, 0.15) is 11.1 Å². The molecule has 0 bridgehead atoms. The Kier molecular flexibility index (Phi) is 5.11. The number of fused-ring (bicyclic) bond motifs is 1. The number of ether oxygens (including phenoxy) is 3. The van der Waals surface area contributed by atoms with E-state index in [4.69, 9.17) is 25.8 Å². The van der Waals surface area contributed by atoms with Crippen LogP contribution in [0.15, 0.2) is 36.4 Å². The number of amides is 1. The zero-order valence-corrected chi connectivity index (χ0v) is 14.1. The fourth-order valence-electron chi connectivity index (χ4n) is 2.41. The quantitative estimate of drug-likeness (QED) is 0.872. The van der Waals surface area contributed by atoms with Gasteiger partial charge in [0, 0.05) is 11.6 Å². The normalized spacial score (nSPS) is 12.1. The molecule has 0 aromatic heterocycles. The number of rotatable bonds is 6. The third-order valence-corrected chi connectivity index (χ3v) is 3.90. The predicted molar refractivity (Wildman–Crippen MR) is 91.0 cm³/mol. The summed E-state index contributed by atoms with van der Waals surface area (Å²) in [6.45, 7) is 2.65. The Hall–Kier alpha value is -2.40. The Balaban J connectivity index is 1.42. The summed E-state index contributed by atoms with van der Waals surface area (Å²) >= 11 is 5.89. The first-order valence-electron chi connectivity index (χ1n) is 7.66. The molecule has 6 heteroatoms. The smallest absolute Gasteiger partial charge is 0.257 e. The third kappa shape index (κ3) is 4.11. The number of carbonyl (C=O) groups excluding carboxylic acids is 1. The highest BCUT2D eigenvalue weighted by atomic mass is 35.5. The van der Waals surface area contributed by atoms with E-state index < -0.39 is 0 Å². The lowest BCUT2D eigenvalue weighted by Gasteiger charge is -2.10. The van der Waals surface area contributed by atoms with Gasteiger partial charge in [-0.2, -0.15) is 0 Å². The molecule has 2 aromatic carbocycles. The first-order valence-corrected chi connectivity index (χ1v) is 8.04. The van der Waals surface area contributed by atoms with E-state index in [1.165, 1.54) is 0 Å². The standard InChI is InChI=1S/C18H18ClNO4/c1-12-8-14(19)3-5-15(12)22-10-18(21)20-7-6-13-2-4-16-17(9-13)24-11-23-16/h2-5,8-9H,6-7,10-11H2,1H3,(H,20,21). The number of carbonyl (C=O) groups is 1. The second-order valence-electron chi connectivity index (χ2n) is 5.49. The summed E-state index contributed by atoms with van der Waals surface area (Å²) in [5.74, 6) is 2.00. The molecule has 24 heavy (non-hydrogen) atoms. The summed E-state index contributed by atoms with van der Waals surface area (Å²) in [5.41, 5.74) is 1.98. The molecule has 3 rings (SSSR count). The first-order chi connectivity index (χ1) is 11.6. The monoisotopic (exact) mass is 347 g/mol. The number of hydrogen-bond donors (Lipinski definition) is 1. The number of halogens is 1. The molecule has 126 valence electrons. The van der Waals surface area contributed by atoms with Gasteiger partial charge in [-0.1, -0.05) is 17.7 Å². The molecule has 0 saturated carbocycles. The Morgan fingerprint density at radius 2 is 2.04 bits per heavy atom. The van der Waals surface area contributed by atoms with Gasteiger partial charge in [-0.05, 0) is 54.8 Å². The van der Waals surface area contributed by atoms with E-state index in [1.54, 1.807) is 18.2 Å². The van der Waals surface area contributed by atoms with Gasteiger partial charge in [-0.25, -0.2) is 0 Å². The minimum absolute atomic E-state index is 0.0242. The Labute approximate surface area is 145 Å². The van der Waals surface area contributed by atoms with Crippen LogP contribution in [0.3, 0.4) is 0 Å². The topological polar surface area (TPSA) is 56.8 Å². The molecular weight excluding hydrogens is 330 g/mol. The van der Waals surface area contributed by atoms with Crippen LogP contribution < -0.4 is 19.5 Å². The zero-order chi connectivity index (χ0) is 16.9. The van der Waals surface area contributed by atoms with E-state index in [9.17, 15) is 4.79 Å². The lowest BCUT2D eigenvalue weighted by atomic mass is 10.1. The number of nitrogens with one attached hydrogen (secondary N) is 1. The number of benzene rings is 2. The molecule has 1 aliphatic rings. The molecule has 0 atom stereocenters. The maximum atomic E-state index is 11.9. The number of aryl methyl sites for hydroxylation is 1. The van der Waals surface area contributed by atoms with Crippen molar-refractivity contribution in [2.24, 2.45) is 0 Å². The second-order valence-corrected chi connectivity index (χ2v) is 5.92. The van der Waals surface area contributed by atoms with Crippen molar-refractivity contribution in [1.82, 2.24) is 5.32 Å². The van der Waals surface area contributed by atoms with Crippen molar-refractivity contribution in [3.05, 3.63) is 52.5 Å². The van der Waals surface area contributed by atoms with Crippen LogP contribution in [0.2, 0.25) is 5.02 Å². The van der Waals surface area contributed by atoms with Crippen LogP contribution in [0, 0.1) is 6.92 Å². The molecule has 1 N–H and O–H groups in total. The maximum absolute atomic E-state index is 11.9. The molecule has 0 radical (unpaired) electrons. The van der Waals surface area contributed by atoms with Crippen LogP contribution in [-0.2, 0) is 11.2 Å². The molecule has 0 spiro atoms. The Morgan fingerprint density at radius 1 is 1.21 bits per heavy atom. The highest BCUT2D eigenvalue weighted by Gasteiger charge is 2.13. The van der Waals surface area contributed by atoms with Crippen LogP contribution in [-0.4, -0.2) is 25.9 Å². The van der Waals surface area contributed by atoms with Crippen LogP contribution in [0.5, 0.6) is 17.2 Å². The molecule has 1 amide bonds. The minimum Gasteiger partial charge on any atom is -0.484 e. The molecule has 0 saturated heterocycles. The Morgan fingerprint density at radius 3 is 2.88 bits per heavy atom. The van der Waals surface area contributed by atoms with Crippen LogP contribution in [0.25, 0.3) is 0 Å². The molecule has 2 aromatic rings. The van der Waals surface area contributed by atoms with Gasteiger partial charge in [0.05, 0.1) is 0 Å². The van der Waals surface area contributed by atoms with Gasteiger partial charge in [0.15, 0.2) is 18.1 Å². The summed E-state index contributed by atoms with van der Waals surface area (Å²) in [5, 5.41) is 3.48. The molecular formula is C18H18ClNO4. The highest BCUT2D eigenvalue weighted by Crippen LogP contribution is 2.32. The molecule has 1 aliphatic heterocycles. The van der Waals surface area contributed by atoms with Crippen molar-refractivity contribution in [2.45, 2.75) is 13.3 Å². The summed E-state index contributed by atoms with van der Waals surface area (Å²) < 4.78 is 16.1. The fourth-order valence-corrected chi connectivity index (χ4v) is 2.64. The van der Waals surface area contributed by atoms with Gasteiger partial charge >= 0.3 is 0 Å². The van der Waals surface area contributed by atoms with Crippen molar-refractivity contribution in [3.8, 4) is 17.2 Å². The Bertz CT molecular complexity index is 748. The summed E-state index contributed by atoms with van der Waals surface area (Å²) in [6.07, 6.45) is 0.711. The third-order valence-electron chi connectivity index (χ3n) is 3.67. The van der Waals surface area contributed by atoms with Crippen molar-refractivity contribution in [2.75, 3.05) is 19.9 Å². The first kappa shape index (κ1) is 16.5. The molecule has 0 unspecified atom stereocenters. The second kappa shape index (κ2) is 7.45. The summed E-state index contributed by atoms with van der Waals surface area (Å²) in [7, 11) is 0. The van der Waals surface area contributed by atoms with Gasteiger partial charge in [0.25, 0.3) is 5.91 Å². The molecule has 5 nitrogen and oxygen atoms in total. The van der Waals surface area contributed by atoms with Gasteiger partial charge in [0.1, 0.15) is 5.75 Å². The van der Waals surface area contributed by atoms with Crippen LogP contribution >= 0.6 is 11.6 Å². The zero-order valence-electron chi connectivity index (χ0n) is 13.3. The van der Waals surface area contributed by atoms with E-state index >= 15 is 0 Å². The van der Waals surface area contributed by atoms with Crippen LogP contribution in [0.4, 0.5) is 0 Å². The van der Waals surface area contributed by atoms with Gasteiger partial charge in [-0.15, -0.1) is 0 Å². The van der Waals surface area contributed by atoms with Gasteiger partial charge in [0.2, 0.25) is 6.79 Å². The lowest BCUT2D eigenvalue weighted by Crippen LogP contribution is -2.30. The van der Waals surface area contributed by atoms with Gasteiger partial charge in [-0.3, -0.25) is 4.79 Å². The molecule has 1 heterocycles. The van der Waals surface area contributed by atoms with Gasteiger partial charge < -0.3 is 19.5 Å². The minimum atomic E-state index is -0.162. The van der Waals surface area contributed by atoms with E-state index in [1.807, 2.05) is 25.1 Å². The SMILES string of the molecule is Cc1cc(Cl)ccc1OCC(=O)NCCc1ccc2c(c1)OCO2.